The van der Waals surface area contributed by atoms with E-state index in [1.807, 2.05) is 6.07 Å². The number of fused-ring (bicyclic) bond motifs is 1. The second-order valence-corrected chi connectivity index (χ2v) is 8.11. The number of pyridine rings is 1. The molecular weight excluding hydrogens is 444 g/mol. The minimum Gasteiger partial charge on any atom is -0.315 e. The van der Waals surface area contributed by atoms with Gasteiger partial charge < -0.3 is 9.72 Å². The SMILES string of the molecule is Brc1ccc(-c2nc3c(Br)cccn3c2CN2CCCNCC2)cc1. The molecule has 3 heterocycles. The maximum atomic E-state index is 4.96. The number of benzene rings is 1. The molecule has 0 unspecified atom stereocenters. The van der Waals surface area contributed by atoms with E-state index in [0.717, 1.165) is 58.6 Å². The summed E-state index contributed by atoms with van der Waals surface area (Å²) in [6, 6.07) is 12.5. The van der Waals surface area contributed by atoms with Gasteiger partial charge in [-0.3, -0.25) is 4.90 Å². The zero-order chi connectivity index (χ0) is 17.2. The molecule has 0 aliphatic carbocycles. The number of aromatic nitrogens is 2. The lowest BCUT2D eigenvalue weighted by Gasteiger charge is -2.20. The topological polar surface area (TPSA) is 32.6 Å². The highest BCUT2D eigenvalue weighted by atomic mass is 79.9. The maximum absolute atomic E-state index is 4.96. The number of hydrogen-bond donors (Lipinski definition) is 1. The van der Waals surface area contributed by atoms with Crippen molar-refractivity contribution in [2.24, 2.45) is 0 Å². The van der Waals surface area contributed by atoms with Crippen LogP contribution in [-0.4, -0.2) is 40.5 Å². The zero-order valence-corrected chi connectivity index (χ0v) is 17.1. The summed E-state index contributed by atoms with van der Waals surface area (Å²) in [6.45, 7) is 5.25. The molecule has 1 aromatic carbocycles. The highest BCUT2D eigenvalue weighted by Gasteiger charge is 2.19. The number of hydrogen-bond acceptors (Lipinski definition) is 3. The molecule has 3 aromatic rings. The van der Waals surface area contributed by atoms with Crippen LogP contribution in [0, 0.1) is 0 Å². The molecule has 4 rings (SSSR count). The maximum Gasteiger partial charge on any atom is 0.152 e. The van der Waals surface area contributed by atoms with Crippen molar-refractivity contribution >= 4 is 37.5 Å². The van der Waals surface area contributed by atoms with Crippen LogP contribution in [0.2, 0.25) is 0 Å². The molecule has 1 fully saturated rings. The molecule has 4 nitrogen and oxygen atoms in total. The van der Waals surface area contributed by atoms with Crippen molar-refractivity contribution in [1.29, 1.82) is 0 Å². The average molecular weight is 464 g/mol. The van der Waals surface area contributed by atoms with E-state index in [2.05, 4.69) is 83.0 Å². The second-order valence-electron chi connectivity index (χ2n) is 6.34. The van der Waals surface area contributed by atoms with Crippen molar-refractivity contribution < 1.29 is 0 Å². The first-order valence-electron chi connectivity index (χ1n) is 8.57. The summed E-state index contributed by atoms with van der Waals surface area (Å²) in [6.07, 6.45) is 3.30. The molecule has 130 valence electrons. The molecule has 1 aliphatic rings. The predicted molar refractivity (Wildman–Crippen MR) is 109 cm³/mol. The fourth-order valence-electron chi connectivity index (χ4n) is 3.34. The van der Waals surface area contributed by atoms with Gasteiger partial charge in [0.1, 0.15) is 0 Å². The molecule has 6 heteroatoms. The lowest BCUT2D eigenvalue weighted by atomic mass is 10.1. The number of rotatable bonds is 3. The van der Waals surface area contributed by atoms with Gasteiger partial charge in [0.05, 0.1) is 15.9 Å². The van der Waals surface area contributed by atoms with E-state index in [4.69, 9.17) is 4.98 Å². The van der Waals surface area contributed by atoms with Crippen LogP contribution in [0.1, 0.15) is 12.1 Å². The van der Waals surface area contributed by atoms with Gasteiger partial charge in [-0.15, -0.1) is 0 Å². The molecule has 0 radical (unpaired) electrons. The zero-order valence-electron chi connectivity index (χ0n) is 13.9. The summed E-state index contributed by atoms with van der Waals surface area (Å²) >= 11 is 7.17. The summed E-state index contributed by atoms with van der Waals surface area (Å²) in [5.74, 6) is 0. The van der Waals surface area contributed by atoms with Crippen LogP contribution in [0.5, 0.6) is 0 Å². The molecule has 1 N–H and O–H groups in total. The second kappa shape index (κ2) is 7.58. The van der Waals surface area contributed by atoms with Crippen molar-refractivity contribution in [3.8, 4) is 11.3 Å². The largest absolute Gasteiger partial charge is 0.315 e. The molecule has 0 saturated carbocycles. The van der Waals surface area contributed by atoms with Crippen LogP contribution in [0.15, 0.2) is 51.5 Å². The Hall–Kier alpha value is -1.21. The molecule has 0 amide bonds. The van der Waals surface area contributed by atoms with Crippen LogP contribution >= 0.6 is 31.9 Å². The Kier molecular flexibility index (Phi) is 5.22. The van der Waals surface area contributed by atoms with Crippen molar-refractivity contribution in [2.75, 3.05) is 26.2 Å². The van der Waals surface area contributed by atoms with Crippen LogP contribution in [0.25, 0.3) is 16.9 Å². The Morgan fingerprint density at radius 3 is 2.72 bits per heavy atom. The van der Waals surface area contributed by atoms with Crippen molar-refractivity contribution in [3.63, 3.8) is 0 Å². The normalized spacial score (nSPS) is 16.2. The van der Waals surface area contributed by atoms with Crippen molar-refractivity contribution in [1.82, 2.24) is 19.6 Å². The third-order valence-electron chi connectivity index (χ3n) is 4.63. The Labute approximate surface area is 164 Å². The third-order valence-corrected chi connectivity index (χ3v) is 5.77. The number of nitrogens with zero attached hydrogens (tertiary/aromatic N) is 3. The first-order chi connectivity index (χ1) is 12.2. The summed E-state index contributed by atoms with van der Waals surface area (Å²) in [4.78, 5) is 7.48. The smallest absolute Gasteiger partial charge is 0.152 e. The molecule has 0 bridgehead atoms. The van der Waals surface area contributed by atoms with E-state index >= 15 is 0 Å². The minimum atomic E-state index is 0.907. The average Bonchev–Trinajstić information content (AvgIpc) is 2.79. The first-order valence-corrected chi connectivity index (χ1v) is 10.2. The highest BCUT2D eigenvalue weighted by molar-refractivity contribution is 9.10. The van der Waals surface area contributed by atoms with E-state index in [1.165, 1.54) is 12.1 Å². The number of imidazole rings is 1. The van der Waals surface area contributed by atoms with Gasteiger partial charge >= 0.3 is 0 Å². The van der Waals surface area contributed by atoms with Gasteiger partial charge in [-0.05, 0) is 59.7 Å². The van der Waals surface area contributed by atoms with Gasteiger partial charge in [-0.2, -0.15) is 0 Å². The highest BCUT2D eigenvalue weighted by Crippen LogP contribution is 2.29. The first kappa shape index (κ1) is 17.2. The Morgan fingerprint density at radius 1 is 1.04 bits per heavy atom. The van der Waals surface area contributed by atoms with Crippen molar-refractivity contribution in [2.45, 2.75) is 13.0 Å². The van der Waals surface area contributed by atoms with E-state index in [9.17, 15) is 0 Å². The lowest BCUT2D eigenvalue weighted by molar-refractivity contribution is 0.281. The summed E-state index contributed by atoms with van der Waals surface area (Å²) in [7, 11) is 0. The molecule has 25 heavy (non-hydrogen) atoms. The van der Waals surface area contributed by atoms with E-state index in [0.29, 0.717) is 0 Å². The molecular formula is C19H20Br2N4. The van der Waals surface area contributed by atoms with E-state index in [-0.39, 0.29) is 0 Å². The van der Waals surface area contributed by atoms with Gasteiger partial charge in [0, 0.05) is 35.9 Å². The van der Waals surface area contributed by atoms with Gasteiger partial charge in [-0.1, -0.05) is 28.1 Å². The quantitative estimate of drug-likeness (QED) is 0.627. The summed E-state index contributed by atoms with van der Waals surface area (Å²) in [5, 5.41) is 3.48. The Morgan fingerprint density at radius 2 is 1.88 bits per heavy atom. The molecule has 1 aliphatic heterocycles. The van der Waals surface area contributed by atoms with E-state index < -0.39 is 0 Å². The Bertz CT molecular complexity index is 865. The number of halogens is 2. The van der Waals surface area contributed by atoms with Crippen LogP contribution in [0.4, 0.5) is 0 Å². The fraction of sp³-hybridized carbons (Fsp3) is 0.316. The van der Waals surface area contributed by atoms with Crippen molar-refractivity contribution in [3.05, 3.63) is 57.2 Å². The number of nitrogens with one attached hydrogen (secondary N) is 1. The standard InChI is InChI=1S/C19H20Br2N4/c20-15-6-4-14(5-7-15)18-17(13-24-10-2-8-22-9-12-24)25-11-1-3-16(21)19(25)23-18/h1,3-7,11,22H,2,8-10,12-13H2. The molecule has 0 atom stereocenters. The minimum absolute atomic E-state index is 0.907. The molecule has 1 saturated heterocycles. The van der Waals surface area contributed by atoms with Gasteiger partial charge in [0.2, 0.25) is 0 Å². The fourth-order valence-corrected chi connectivity index (χ4v) is 4.04. The van der Waals surface area contributed by atoms with Gasteiger partial charge in [0.15, 0.2) is 5.65 Å². The van der Waals surface area contributed by atoms with Crippen LogP contribution in [-0.2, 0) is 6.54 Å². The van der Waals surface area contributed by atoms with Gasteiger partial charge in [0.25, 0.3) is 0 Å². The predicted octanol–water partition coefficient (Wildman–Crippen LogP) is 4.32. The summed E-state index contributed by atoms with van der Waals surface area (Å²) < 4.78 is 4.33. The molecule has 2 aromatic heterocycles. The lowest BCUT2D eigenvalue weighted by Crippen LogP contribution is -2.28. The summed E-state index contributed by atoms with van der Waals surface area (Å²) in [5.41, 5.74) is 4.45. The van der Waals surface area contributed by atoms with Crippen LogP contribution < -0.4 is 5.32 Å². The molecule has 0 spiro atoms. The van der Waals surface area contributed by atoms with Gasteiger partial charge in [-0.25, -0.2) is 4.98 Å². The van der Waals surface area contributed by atoms with E-state index in [1.54, 1.807) is 0 Å². The monoisotopic (exact) mass is 462 g/mol. The van der Waals surface area contributed by atoms with Crippen LogP contribution in [0.3, 0.4) is 0 Å². The Balaban J connectivity index is 1.80. The third kappa shape index (κ3) is 3.67.